The van der Waals surface area contributed by atoms with Crippen molar-refractivity contribution >= 4 is 11.9 Å². The summed E-state index contributed by atoms with van der Waals surface area (Å²) in [4.78, 5) is 25.5. The number of amides is 1. The van der Waals surface area contributed by atoms with Gasteiger partial charge >= 0.3 is 5.97 Å². The molecule has 0 radical (unpaired) electrons. The minimum absolute atomic E-state index is 0.106. The monoisotopic (exact) mass is 302 g/mol. The number of methoxy groups -OCH3 is 1. The zero-order valence-corrected chi connectivity index (χ0v) is 12.8. The molecular formula is C16H18N2O4. The molecule has 6 heteroatoms. The molecule has 0 bridgehead atoms. The number of carbonyl (C=O) groups excluding carboxylic acids is 2. The van der Waals surface area contributed by atoms with Crippen LogP contribution in [-0.4, -0.2) is 35.6 Å². The SMILES string of the molecule is COC(=O)CN(Cc1ccccc1C)C(=O)c1cc(C)no1. The van der Waals surface area contributed by atoms with Gasteiger partial charge in [-0.1, -0.05) is 29.4 Å². The van der Waals surface area contributed by atoms with Crippen molar-refractivity contribution in [3.63, 3.8) is 0 Å². The standard InChI is InChI=1S/C16H18N2O4/c1-11-6-4-5-7-13(11)9-18(10-15(19)21-3)16(20)14-8-12(2)17-22-14/h4-8H,9-10H2,1-3H3. The van der Waals surface area contributed by atoms with Gasteiger partial charge in [-0.25, -0.2) is 0 Å². The summed E-state index contributed by atoms with van der Waals surface area (Å²) in [6.45, 7) is 3.82. The van der Waals surface area contributed by atoms with E-state index >= 15 is 0 Å². The maximum atomic E-state index is 12.5. The lowest BCUT2D eigenvalue weighted by atomic mass is 10.1. The van der Waals surface area contributed by atoms with Gasteiger partial charge in [0.15, 0.2) is 0 Å². The Morgan fingerprint density at radius 1 is 1.27 bits per heavy atom. The smallest absolute Gasteiger partial charge is 0.325 e. The van der Waals surface area contributed by atoms with Crippen LogP contribution in [0.25, 0.3) is 0 Å². The highest BCUT2D eigenvalue weighted by Gasteiger charge is 2.23. The van der Waals surface area contributed by atoms with Gasteiger partial charge in [0.2, 0.25) is 5.76 Å². The Hall–Kier alpha value is -2.63. The van der Waals surface area contributed by atoms with Gasteiger partial charge in [0.25, 0.3) is 5.91 Å². The third-order valence-corrected chi connectivity index (χ3v) is 3.30. The highest BCUT2D eigenvalue weighted by molar-refractivity contribution is 5.93. The average molecular weight is 302 g/mol. The third-order valence-electron chi connectivity index (χ3n) is 3.30. The molecule has 0 saturated carbocycles. The van der Waals surface area contributed by atoms with E-state index in [0.29, 0.717) is 12.2 Å². The van der Waals surface area contributed by atoms with Crippen LogP contribution in [0, 0.1) is 13.8 Å². The van der Waals surface area contributed by atoms with E-state index in [1.54, 1.807) is 13.0 Å². The molecule has 0 unspecified atom stereocenters. The van der Waals surface area contributed by atoms with Gasteiger partial charge < -0.3 is 14.2 Å². The van der Waals surface area contributed by atoms with Crippen molar-refractivity contribution in [1.82, 2.24) is 10.1 Å². The molecule has 0 atom stereocenters. The summed E-state index contributed by atoms with van der Waals surface area (Å²) in [6, 6.07) is 9.23. The van der Waals surface area contributed by atoms with Crippen molar-refractivity contribution < 1.29 is 18.8 Å². The first-order valence-corrected chi connectivity index (χ1v) is 6.85. The first kappa shape index (κ1) is 15.8. The second-order valence-electron chi connectivity index (χ2n) is 5.00. The highest BCUT2D eigenvalue weighted by atomic mass is 16.5. The molecular weight excluding hydrogens is 284 g/mol. The summed E-state index contributed by atoms with van der Waals surface area (Å²) in [6.07, 6.45) is 0. The molecule has 2 rings (SSSR count). The molecule has 0 aliphatic rings. The van der Waals surface area contributed by atoms with Crippen molar-refractivity contribution in [3.05, 3.63) is 52.9 Å². The lowest BCUT2D eigenvalue weighted by Gasteiger charge is -2.21. The summed E-state index contributed by atoms with van der Waals surface area (Å²) in [5, 5.41) is 3.71. The van der Waals surface area contributed by atoms with Crippen LogP contribution < -0.4 is 0 Å². The van der Waals surface area contributed by atoms with Crippen molar-refractivity contribution in [2.75, 3.05) is 13.7 Å². The number of ether oxygens (including phenoxy) is 1. The second-order valence-corrected chi connectivity index (χ2v) is 5.00. The predicted octanol–water partition coefficient (Wildman–Crippen LogP) is 2.11. The zero-order valence-electron chi connectivity index (χ0n) is 12.8. The first-order valence-electron chi connectivity index (χ1n) is 6.85. The number of esters is 1. The van der Waals surface area contributed by atoms with Crippen LogP contribution in [0.5, 0.6) is 0 Å². The third kappa shape index (κ3) is 3.72. The Kier molecular flexibility index (Phi) is 4.93. The quantitative estimate of drug-likeness (QED) is 0.791. The van der Waals surface area contributed by atoms with Crippen molar-refractivity contribution in [2.45, 2.75) is 20.4 Å². The van der Waals surface area contributed by atoms with Gasteiger partial charge in [0.1, 0.15) is 6.54 Å². The Morgan fingerprint density at radius 3 is 2.59 bits per heavy atom. The van der Waals surface area contributed by atoms with Crippen LogP contribution >= 0.6 is 0 Å². The van der Waals surface area contributed by atoms with Gasteiger partial charge in [-0.15, -0.1) is 0 Å². The minimum atomic E-state index is -0.488. The molecule has 22 heavy (non-hydrogen) atoms. The van der Waals surface area contributed by atoms with E-state index in [9.17, 15) is 9.59 Å². The molecule has 0 spiro atoms. The average Bonchev–Trinajstić information content (AvgIpc) is 2.94. The fourth-order valence-electron chi connectivity index (χ4n) is 2.03. The Bertz CT molecular complexity index is 678. The van der Waals surface area contributed by atoms with Crippen LogP contribution in [-0.2, 0) is 16.1 Å². The Morgan fingerprint density at radius 2 is 2.00 bits per heavy atom. The zero-order chi connectivity index (χ0) is 16.1. The molecule has 2 aromatic rings. The number of hydrogen-bond donors (Lipinski definition) is 0. The van der Waals surface area contributed by atoms with Crippen molar-refractivity contribution in [3.8, 4) is 0 Å². The summed E-state index contributed by atoms with van der Waals surface area (Å²) in [7, 11) is 1.29. The molecule has 1 aromatic carbocycles. The van der Waals surface area contributed by atoms with E-state index in [0.717, 1.165) is 11.1 Å². The first-order chi connectivity index (χ1) is 10.5. The highest BCUT2D eigenvalue weighted by Crippen LogP contribution is 2.14. The normalized spacial score (nSPS) is 10.3. The van der Waals surface area contributed by atoms with Crippen LogP contribution in [0.2, 0.25) is 0 Å². The number of benzene rings is 1. The van der Waals surface area contributed by atoms with E-state index in [2.05, 4.69) is 9.89 Å². The molecule has 1 aromatic heterocycles. The maximum Gasteiger partial charge on any atom is 0.325 e. The second kappa shape index (κ2) is 6.89. The van der Waals surface area contributed by atoms with E-state index in [-0.39, 0.29) is 12.3 Å². The number of aryl methyl sites for hydroxylation is 2. The molecule has 0 aliphatic heterocycles. The van der Waals surface area contributed by atoms with E-state index in [1.165, 1.54) is 12.0 Å². The Balaban J connectivity index is 2.24. The number of rotatable bonds is 5. The topological polar surface area (TPSA) is 72.6 Å². The van der Waals surface area contributed by atoms with Gasteiger partial charge in [0.05, 0.1) is 12.8 Å². The van der Waals surface area contributed by atoms with Crippen LogP contribution in [0.4, 0.5) is 0 Å². The summed E-state index contributed by atoms with van der Waals surface area (Å²) in [5.41, 5.74) is 2.60. The van der Waals surface area contributed by atoms with E-state index in [4.69, 9.17) is 4.52 Å². The number of hydrogen-bond acceptors (Lipinski definition) is 5. The summed E-state index contributed by atoms with van der Waals surface area (Å²) in [5.74, 6) is -0.776. The lowest BCUT2D eigenvalue weighted by molar-refractivity contribution is -0.141. The van der Waals surface area contributed by atoms with Gasteiger partial charge in [0, 0.05) is 12.6 Å². The van der Waals surface area contributed by atoms with Crippen LogP contribution in [0.15, 0.2) is 34.9 Å². The molecule has 0 aliphatic carbocycles. The largest absolute Gasteiger partial charge is 0.468 e. The van der Waals surface area contributed by atoms with Crippen molar-refractivity contribution in [1.29, 1.82) is 0 Å². The van der Waals surface area contributed by atoms with E-state index < -0.39 is 11.9 Å². The predicted molar refractivity (Wildman–Crippen MR) is 79.2 cm³/mol. The van der Waals surface area contributed by atoms with Gasteiger partial charge in [-0.2, -0.15) is 0 Å². The molecule has 0 fully saturated rings. The number of nitrogens with zero attached hydrogens (tertiary/aromatic N) is 2. The van der Waals surface area contributed by atoms with Crippen LogP contribution in [0.3, 0.4) is 0 Å². The molecule has 0 saturated heterocycles. The number of carbonyl (C=O) groups is 2. The van der Waals surface area contributed by atoms with E-state index in [1.807, 2.05) is 31.2 Å². The molecule has 1 heterocycles. The van der Waals surface area contributed by atoms with Gasteiger partial charge in [-0.05, 0) is 25.0 Å². The maximum absolute atomic E-state index is 12.5. The summed E-state index contributed by atoms with van der Waals surface area (Å²) < 4.78 is 9.66. The lowest BCUT2D eigenvalue weighted by Crippen LogP contribution is -2.35. The van der Waals surface area contributed by atoms with Crippen molar-refractivity contribution in [2.24, 2.45) is 0 Å². The molecule has 0 N–H and O–H groups in total. The number of aromatic nitrogens is 1. The molecule has 116 valence electrons. The Labute approximate surface area is 128 Å². The summed E-state index contributed by atoms with van der Waals surface area (Å²) >= 11 is 0. The fraction of sp³-hybridized carbons (Fsp3) is 0.312. The molecule has 6 nitrogen and oxygen atoms in total. The van der Waals surface area contributed by atoms with Gasteiger partial charge in [-0.3, -0.25) is 9.59 Å². The minimum Gasteiger partial charge on any atom is -0.468 e. The van der Waals surface area contributed by atoms with Crippen LogP contribution in [0.1, 0.15) is 27.4 Å². The molecule has 1 amide bonds. The fourth-order valence-corrected chi connectivity index (χ4v) is 2.03.